The highest BCUT2D eigenvalue weighted by Gasteiger charge is 2.23. The largest absolute Gasteiger partial charge is 0.324 e. The summed E-state index contributed by atoms with van der Waals surface area (Å²) in [6, 6.07) is 13.6. The molecule has 0 saturated carbocycles. The molecule has 0 saturated heterocycles. The molecule has 32 heavy (non-hydrogen) atoms. The highest BCUT2D eigenvalue weighted by atomic mass is 35.5. The number of nitrogens with one attached hydrogen (secondary N) is 1. The third-order valence-corrected chi connectivity index (χ3v) is 7.91. The molecule has 2 aromatic heterocycles. The van der Waals surface area contributed by atoms with Crippen molar-refractivity contribution in [3.8, 4) is 11.1 Å². The van der Waals surface area contributed by atoms with Crippen molar-refractivity contribution in [1.82, 2.24) is 9.97 Å². The molecule has 1 amide bonds. The third kappa shape index (κ3) is 4.94. The molecule has 0 spiro atoms. The maximum absolute atomic E-state index is 13.0. The fourth-order valence-corrected chi connectivity index (χ4v) is 5.80. The average molecular weight is 502 g/mol. The number of aryl methyl sites for hydroxylation is 1. The fraction of sp³-hybridized carbons (Fsp3) is 0.208. The van der Waals surface area contributed by atoms with Gasteiger partial charge < -0.3 is 5.32 Å². The van der Waals surface area contributed by atoms with Crippen LogP contribution in [-0.2, 0) is 11.2 Å². The number of nitrogens with zero attached hydrogens (tertiary/aromatic N) is 2. The quantitative estimate of drug-likeness (QED) is 0.208. The van der Waals surface area contributed by atoms with Gasteiger partial charge in [-0.3, -0.25) is 4.79 Å². The smallest absolute Gasteiger partial charge is 0.237 e. The Hall–Kier alpha value is -2.12. The van der Waals surface area contributed by atoms with Gasteiger partial charge in [0.05, 0.1) is 21.3 Å². The lowest BCUT2D eigenvalue weighted by Crippen LogP contribution is -2.24. The molecule has 164 valence electrons. The number of carbonyl (C=O) groups is 1. The van der Waals surface area contributed by atoms with Crippen molar-refractivity contribution in [3.63, 3.8) is 0 Å². The van der Waals surface area contributed by atoms with Crippen molar-refractivity contribution < 1.29 is 4.79 Å². The first-order valence-electron chi connectivity index (χ1n) is 10.2. The first-order chi connectivity index (χ1) is 15.5. The summed E-state index contributed by atoms with van der Waals surface area (Å²) >= 11 is 15.2. The van der Waals surface area contributed by atoms with E-state index in [1.165, 1.54) is 17.3 Å². The Labute approximate surface area is 205 Å². The molecule has 1 atom stereocenters. The molecule has 4 nitrogen and oxygen atoms in total. The number of anilines is 1. The summed E-state index contributed by atoms with van der Waals surface area (Å²) in [5.41, 5.74) is 4.05. The van der Waals surface area contributed by atoms with Crippen LogP contribution in [0.3, 0.4) is 0 Å². The third-order valence-electron chi connectivity index (χ3n) is 5.11. The van der Waals surface area contributed by atoms with Crippen molar-refractivity contribution in [2.45, 2.75) is 37.0 Å². The lowest BCUT2D eigenvalue weighted by atomic mass is 10.0. The van der Waals surface area contributed by atoms with Gasteiger partial charge in [0.2, 0.25) is 5.91 Å². The second-order valence-electron chi connectivity index (χ2n) is 7.19. The number of rotatable bonds is 7. The molecule has 0 bridgehead atoms. The van der Waals surface area contributed by atoms with E-state index in [1.807, 2.05) is 6.92 Å². The lowest BCUT2D eigenvalue weighted by Gasteiger charge is -2.16. The SMILES string of the molecule is CCc1ccc(-c2csc3ncnc(SC(CC)C(=O)Nc4ccc(Cl)cc4Cl)c23)cc1. The van der Waals surface area contributed by atoms with E-state index >= 15 is 0 Å². The number of fused-ring (bicyclic) bond motifs is 1. The maximum Gasteiger partial charge on any atom is 0.237 e. The molecule has 0 aliphatic heterocycles. The van der Waals surface area contributed by atoms with Gasteiger partial charge in [-0.1, -0.05) is 73.1 Å². The molecule has 2 aromatic carbocycles. The summed E-state index contributed by atoms with van der Waals surface area (Å²) < 4.78 is 0. The fourth-order valence-electron chi connectivity index (χ4n) is 3.33. The van der Waals surface area contributed by atoms with Crippen molar-refractivity contribution in [2.75, 3.05) is 5.32 Å². The zero-order valence-corrected chi connectivity index (χ0v) is 20.7. The van der Waals surface area contributed by atoms with Gasteiger partial charge in [-0.2, -0.15) is 0 Å². The number of thiophene rings is 1. The molecule has 0 aliphatic carbocycles. The Balaban J connectivity index is 1.63. The summed E-state index contributed by atoms with van der Waals surface area (Å²) in [5, 5.41) is 7.41. The minimum absolute atomic E-state index is 0.127. The number of carbonyl (C=O) groups excluding carboxylic acids is 1. The van der Waals surface area contributed by atoms with Gasteiger partial charge in [-0.25, -0.2) is 9.97 Å². The standard InChI is InChI=1S/C24H21Cl2N3OS2/c1-3-14-5-7-15(8-6-14)17-12-31-23-21(17)24(28-13-27-23)32-20(4-2)22(30)29-19-10-9-16(25)11-18(19)26/h5-13,20H,3-4H2,1-2H3,(H,29,30). The van der Waals surface area contributed by atoms with Gasteiger partial charge in [-0.15, -0.1) is 11.3 Å². The number of benzene rings is 2. The number of halogens is 2. The summed E-state index contributed by atoms with van der Waals surface area (Å²) in [4.78, 5) is 22.9. The van der Waals surface area contributed by atoms with Crippen LogP contribution in [0.4, 0.5) is 5.69 Å². The minimum Gasteiger partial charge on any atom is -0.324 e. The van der Waals surface area contributed by atoms with Gasteiger partial charge in [0, 0.05) is 16.0 Å². The second-order valence-corrected chi connectivity index (χ2v) is 10.1. The molecule has 0 radical (unpaired) electrons. The Kier molecular flexibility index (Phi) is 7.36. The number of hydrogen-bond acceptors (Lipinski definition) is 5. The van der Waals surface area contributed by atoms with Crippen LogP contribution in [0.15, 0.2) is 59.2 Å². The highest BCUT2D eigenvalue weighted by Crippen LogP contribution is 2.40. The number of aromatic nitrogens is 2. The van der Waals surface area contributed by atoms with E-state index in [0.29, 0.717) is 22.2 Å². The molecule has 0 aliphatic rings. The zero-order valence-electron chi connectivity index (χ0n) is 17.6. The van der Waals surface area contributed by atoms with E-state index in [-0.39, 0.29) is 11.2 Å². The highest BCUT2D eigenvalue weighted by molar-refractivity contribution is 8.00. The lowest BCUT2D eigenvalue weighted by molar-refractivity contribution is -0.115. The average Bonchev–Trinajstić information content (AvgIpc) is 3.24. The molecule has 4 aromatic rings. The van der Waals surface area contributed by atoms with E-state index in [0.717, 1.165) is 32.8 Å². The first-order valence-corrected chi connectivity index (χ1v) is 12.8. The van der Waals surface area contributed by atoms with Crippen LogP contribution in [0.1, 0.15) is 25.8 Å². The summed E-state index contributed by atoms with van der Waals surface area (Å²) in [6.07, 6.45) is 3.20. The zero-order chi connectivity index (χ0) is 22.7. The van der Waals surface area contributed by atoms with E-state index in [1.54, 1.807) is 35.9 Å². The molecule has 1 N–H and O–H groups in total. The number of hydrogen-bond donors (Lipinski definition) is 1. The molecule has 4 rings (SSSR count). The Morgan fingerprint density at radius 3 is 2.59 bits per heavy atom. The van der Waals surface area contributed by atoms with Crippen molar-refractivity contribution in [2.24, 2.45) is 0 Å². The maximum atomic E-state index is 13.0. The van der Waals surface area contributed by atoms with Crippen molar-refractivity contribution in [3.05, 3.63) is 69.8 Å². The Morgan fingerprint density at radius 1 is 1.12 bits per heavy atom. The summed E-state index contributed by atoms with van der Waals surface area (Å²) in [6.45, 7) is 4.13. The predicted octanol–water partition coefficient (Wildman–Crippen LogP) is 7.74. The normalized spacial score (nSPS) is 12.1. The van der Waals surface area contributed by atoms with Crippen LogP contribution in [0.25, 0.3) is 21.3 Å². The van der Waals surface area contributed by atoms with Crippen LogP contribution < -0.4 is 5.32 Å². The van der Waals surface area contributed by atoms with Crippen LogP contribution >= 0.6 is 46.3 Å². The van der Waals surface area contributed by atoms with Gasteiger partial charge >= 0.3 is 0 Å². The second kappa shape index (κ2) is 10.2. The molecule has 8 heteroatoms. The molecule has 1 unspecified atom stereocenters. The summed E-state index contributed by atoms with van der Waals surface area (Å²) in [5.74, 6) is -0.127. The molecular formula is C24H21Cl2N3OS2. The number of amides is 1. The van der Waals surface area contributed by atoms with Gasteiger partial charge in [0.15, 0.2) is 0 Å². The van der Waals surface area contributed by atoms with Crippen LogP contribution in [0.5, 0.6) is 0 Å². The van der Waals surface area contributed by atoms with E-state index < -0.39 is 0 Å². The van der Waals surface area contributed by atoms with Gasteiger partial charge in [0.25, 0.3) is 0 Å². The first kappa shape index (κ1) is 23.1. The van der Waals surface area contributed by atoms with Crippen molar-refractivity contribution in [1.29, 1.82) is 0 Å². The molecule has 2 heterocycles. The Bertz CT molecular complexity index is 1260. The minimum atomic E-state index is -0.338. The van der Waals surface area contributed by atoms with Crippen LogP contribution in [0.2, 0.25) is 10.0 Å². The topological polar surface area (TPSA) is 54.9 Å². The van der Waals surface area contributed by atoms with Crippen LogP contribution in [-0.4, -0.2) is 21.1 Å². The van der Waals surface area contributed by atoms with Crippen molar-refractivity contribution >= 4 is 68.1 Å². The van der Waals surface area contributed by atoms with E-state index in [2.05, 4.69) is 51.9 Å². The Morgan fingerprint density at radius 2 is 1.91 bits per heavy atom. The predicted molar refractivity (Wildman–Crippen MR) is 137 cm³/mol. The molecule has 0 fully saturated rings. The summed E-state index contributed by atoms with van der Waals surface area (Å²) in [7, 11) is 0. The van der Waals surface area contributed by atoms with Crippen LogP contribution in [0, 0.1) is 0 Å². The van der Waals surface area contributed by atoms with Gasteiger partial charge in [-0.05, 0) is 42.2 Å². The molecular weight excluding hydrogens is 481 g/mol. The number of thioether (sulfide) groups is 1. The monoisotopic (exact) mass is 501 g/mol. The van der Waals surface area contributed by atoms with E-state index in [9.17, 15) is 4.79 Å². The van der Waals surface area contributed by atoms with E-state index in [4.69, 9.17) is 23.2 Å². The van der Waals surface area contributed by atoms with Gasteiger partial charge in [0.1, 0.15) is 16.2 Å².